The van der Waals surface area contributed by atoms with Gasteiger partial charge >= 0.3 is 5.97 Å². The van der Waals surface area contributed by atoms with Gasteiger partial charge in [-0.15, -0.1) is 0 Å². The van der Waals surface area contributed by atoms with Gasteiger partial charge in [0.15, 0.2) is 0 Å². The molecule has 168 valence electrons. The van der Waals surface area contributed by atoms with Crippen molar-refractivity contribution in [2.24, 2.45) is 0 Å². The van der Waals surface area contributed by atoms with Gasteiger partial charge in [0.1, 0.15) is 0 Å². The van der Waals surface area contributed by atoms with Crippen LogP contribution in [0.3, 0.4) is 0 Å². The van der Waals surface area contributed by atoms with Gasteiger partial charge in [-0.05, 0) is 66.3 Å². The molecule has 3 nitrogen and oxygen atoms in total. The predicted molar refractivity (Wildman–Crippen MR) is 141 cm³/mol. The van der Waals surface area contributed by atoms with E-state index in [1.807, 2.05) is 12.1 Å². The van der Waals surface area contributed by atoms with Crippen LogP contribution in [0, 0.1) is 0 Å². The summed E-state index contributed by atoms with van der Waals surface area (Å²) in [6, 6.07) is 22.7. The third kappa shape index (κ3) is 4.67. The highest BCUT2D eigenvalue weighted by atomic mass is 79.9. The second kappa shape index (κ2) is 9.47. The van der Waals surface area contributed by atoms with Crippen molar-refractivity contribution in [1.82, 2.24) is 4.57 Å². The van der Waals surface area contributed by atoms with Crippen molar-refractivity contribution in [2.45, 2.75) is 44.6 Å². The molecule has 1 heterocycles. The van der Waals surface area contributed by atoms with E-state index in [1.165, 1.54) is 43.2 Å². The zero-order chi connectivity index (χ0) is 22.9. The second-order valence-corrected chi connectivity index (χ2v) is 10.7. The number of benzene rings is 3. The smallest absolute Gasteiger partial charge is 0.335 e. The normalized spacial score (nSPS) is 14.6. The molecule has 1 aliphatic rings. The van der Waals surface area contributed by atoms with Gasteiger partial charge in [-0.2, -0.15) is 0 Å². The maximum absolute atomic E-state index is 11.7. The third-order valence-corrected chi connectivity index (χ3v) is 7.61. The number of halogens is 2. The molecular weight excluding hydrogens is 542 g/mol. The van der Waals surface area contributed by atoms with Gasteiger partial charge in [0, 0.05) is 37.7 Å². The number of fused-ring (bicyclic) bond motifs is 1. The lowest BCUT2D eigenvalue weighted by molar-refractivity contribution is 0.0697. The van der Waals surface area contributed by atoms with Crippen LogP contribution in [0.1, 0.15) is 59.5 Å². The number of carboxylic acids is 1. The summed E-state index contributed by atoms with van der Waals surface area (Å²) in [6.45, 7) is 0.652. The predicted octanol–water partition coefficient (Wildman–Crippen LogP) is 8.63. The molecule has 0 spiro atoms. The molecule has 1 aliphatic carbocycles. The number of carboxylic acid groups (broad SMARTS) is 1. The Morgan fingerprint density at radius 1 is 0.909 bits per heavy atom. The van der Waals surface area contributed by atoms with Crippen molar-refractivity contribution in [3.63, 3.8) is 0 Å². The average molecular weight is 567 g/mol. The van der Waals surface area contributed by atoms with Crippen LogP contribution in [0.2, 0.25) is 0 Å². The molecule has 0 amide bonds. The highest BCUT2D eigenvalue weighted by molar-refractivity contribution is 9.11. The van der Waals surface area contributed by atoms with E-state index in [0.717, 1.165) is 31.1 Å². The van der Waals surface area contributed by atoms with Crippen LogP contribution in [0.15, 0.2) is 75.7 Å². The molecule has 3 aromatic carbocycles. The number of hydrogen-bond acceptors (Lipinski definition) is 1. The molecule has 5 rings (SSSR count). The lowest BCUT2D eigenvalue weighted by atomic mass is 9.81. The molecule has 1 fully saturated rings. The quantitative estimate of drug-likeness (QED) is 0.262. The van der Waals surface area contributed by atoms with Gasteiger partial charge in [0.2, 0.25) is 0 Å². The van der Waals surface area contributed by atoms with Gasteiger partial charge in [-0.25, -0.2) is 4.79 Å². The average Bonchev–Trinajstić information content (AvgIpc) is 3.16. The monoisotopic (exact) mass is 565 g/mol. The van der Waals surface area contributed by atoms with Crippen molar-refractivity contribution in [1.29, 1.82) is 0 Å². The maximum Gasteiger partial charge on any atom is 0.335 e. The van der Waals surface area contributed by atoms with Crippen LogP contribution in [0.25, 0.3) is 22.2 Å². The fraction of sp³-hybridized carbons (Fsp3) is 0.250. The minimum absolute atomic E-state index is 0.310. The molecule has 0 atom stereocenters. The lowest BCUT2D eigenvalue weighted by Crippen LogP contribution is -2.08. The van der Waals surface area contributed by atoms with E-state index in [-0.39, 0.29) is 0 Å². The van der Waals surface area contributed by atoms with E-state index in [9.17, 15) is 9.90 Å². The molecular formula is C28H25Br2NO2. The summed E-state index contributed by atoms with van der Waals surface area (Å²) in [4.78, 5) is 11.7. The zero-order valence-corrected chi connectivity index (χ0v) is 21.4. The van der Waals surface area contributed by atoms with E-state index in [0.29, 0.717) is 18.0 Å². The van der Waals surface area contributed by atoms with E-state index in [4.69, 9.17) is 0 Å². The van der Waals surface area contributed by atoms with Gasteiger partial charge in [0.25, 0.3) is 0 Å². The first kappa shape index (κ1) is 22.4. The number of hydrogen-bond donors (Lipinski definition) is 1. The van der Waals surface area contributed by atoms with Crippen molar-refractivity contribution >= 4 is 48.7 Å². The molecule has 0 radical (unpaired) electrons. The Morgan fingerprint density at radius 2 is 1.64 bits per heavy atom. The molecule has 0 unspecified atom stereocenters. The summed E-state index contributed by atoms with van der Waals surface area (Å²) in [5.41, 5.74) is 6.21. The van der Waals surface area contributed by atoms with E-state index < -0.39 is 5.97 Å². The van der Waals surface area contributed by atoms with Crippen molar-refractivity contribution in [3.8, 4) is 11.3 Å². The number of nitrogens with zero attached hydrogens (tertiary/aromatic N) is 1. The fourth-order valence-electron chi connectivity index (χ4n) is 5.17. The minimum atomic E-state index is -0.904. The largest absolute Gasteiger partial charge is 0.478 e. The zero-order valence-electron chi connectivity index (χ0n) is 18.2. The summed E-state index contributed by atoms with van der Waals surface area (Å²) >= 11 is 7.22. The van der Waals surface area contributed by atoms with Crippen molar-refractivity contribution < 1.29 is 9.90 Å². The molecule has 4 aromatic rings. The first-order chi connectivity index (χ1) is 16.0. The Bertz CT molecular complexity index is 1310. The standard InChI is InChI=1S/C28H25Br2NO2/c29-22-12-18(13-23(30)16-22)17-31-26-15-21(28(32)33)11-10-20(26)14-27(31)25-9-5-4-8-24(25)19-6-2-1-3-7-19/h4-5,8-16,19H,1-3,6-7,17H2,(H,32,33). The topological polar surface area (TPSA) is 42.2 Å². The molecule has 1 saturated carbocycles. The number of rotatable bonds is 5. The van der Waals surface area contributed by atoms with Gasteiger partial charge < -0.3 is 9.67 Å². The molecule has 0 bridgehead atoms. The van der Waals surface area contributed by atoms with Crippen LogP contribution >= 0.6 is 31.9 Å². The first-order valence-corrected chi connectivity index (χ1v) is 13.0. The molecule has 0 aliphatic heterocycles. The van der Waals surface area contributed by atoms with E-state index >= 15 is 0 Å². The van der Waals surface area contributed by atoms with E-state index in [2.05, 4.69) is 78.9 Å². The molecule has 1 aromatic heterocycles. The van der Waals surface area contributed by atoms with Crippen LogP contribution in [0.4, 0.5) is 0 Å². The minimum Gasteiger partial charge on any atom is -0.478 e. The van der Waals surface area contributed by atoms with Gasteiger partial charge in [0.05, 0.1) is 5.56 Å². The summed E-state index contributed by atoms with van der Waals surface area (Å²) in [5, 5.41) is 10.7. The Hall–Kier alpha value is -2.37. The lowest BCUT2D eigenvalue weighted by Gasteiger charge is -2.25. The van der Waals surface area contributed by atoms with E-state index in [1.54, 1.807) is 12.1 Å². The number of carbonyl (C=O) groups is 1. The molecule has 33 heavy (non-hydrogen) atoms. The number of aromatic nitrogens is 1. The Labute approximate surface area is 210 Å². The summed E-state index contributed by atoms with van der Waals surface area (Å²) < 4.78 is 4.30. The summed E-state index contributed by atoms with van der Waals surface area (Å²) in [6.07, 6.45) is 6.37. The van der Waals surface area contributed by atoms with Crippen molar-refractivity contribution in [3.05, 3.63) is 92.4 Å². The molecule has 0 saturated heterocycles. The summed E-state index contributed by atoms with van der Waals surface area (Å²) in [5.74, 6) is -0.324. The Morgan fingerprint density at radius 3 is 2.36 bits per heavy atom. The van der Waals surface area contributed by atoms with Gasteiger partial charge in [-0.3, -0.25) is 0 Å². The summed E-state index contributed by atoms with van der Waals surface area (Å²) in [7, 11) is 0. The number of aromatic carboxylic acids is 1. The highest BCUT2D eigenvalue weighted by Crippen LogP contribution is 2.40. The van der Waals surface area contributed by atoms with Crippen LogP contribution in [-0.4, -0.2) is 15.6 Å². The van der Waals surface area contributed by atoms with Crippen LogP contribution in [-0.2, 0) is 6.54 Å². The van der Waals surface area contributed by atoms with Crippen LogP contribution in [0.5, 0.6) is 0 Å². The van der Waals surface area contributed by atoms with Crippen LogP contribution < -0.4 is 0 Å². The molecule has 5 heteroatoms. The Kier molecular flexibility index (Phi) is 6.44. The fourth-order valence-corrected chi connectivity index (χ4v) is 6.55. The van der Waals surface area contributed by atoms with Crippen molar-refractivity contribution in [2.75, 3.05) is 0 Å². The maximum atomic E-state index is 11.7. The Balaban J connectivity index is 1.71. The second-order valence-electron chi connectivity index (χ2n) is 8.89. The third-order valence-electron chi connectivity index (χ3n) is 6.70. The molecule has 1 N–H and O–H groups in total. The van der Waals surface area contributed by atoms with Gasteiger partial charge in [-0.1, -0.05) is 81.5 Å². The highest BCUT2D eigenvalue weighted by Gasteiger charge is 2.22. The SMILES string of the molecule is O=C(O)c1ccc2cc(-c3ccccc3C3CCCCC3)n(Cc3cc(Br)cc(Br)c3)c2c1. The first-order valence-electron chi connectivity index (χ1n) is 11.4.